The van der Waals surface area contributed by atoms with Gasteiger partial charge in [-0.15, -0.1) is 0 Å². The van der Waals surface area contributed by atoms with Gasteiger partial charge in [0.2, 0.25) is 0 Å². The lowest BCUT2D eigenvalue weighted by atomic mass is 9.84. The van der Waals surface area contributed by atoms with Crippen LogP contribution in [0, 0.1) is 0 Å². The summed E-state index contributed by atoms with van der Waals surface area (Å²) in [5.74, 6) is 0. The number of hydrogen-bond donors (Lipinski definition) is 2. The van der Waals surface area contributed by atoms with Gasteiger partial charge in [-0.3, -0.25) is 14.7 Å². The summed E-state index contributed by atoms with van der Waals surface area (Å²) in [5.41, 5.74) is -1.96. The average Bonchev–Trinajstić information content (AvgIpc) is 2.23. The van der Waals surface area contributed by atoms with Crippen molar-refractivity contribution >= 4 is 0 Å². The molecular formula is C17H37N3O2. The van der Waals surface area contributed by atoms with Crippen molar-refractivity contribution in [1.29, 1.82) is 0 Å². The smallest absolute Gasteiger partial charge is 0.0770 e. The fourth-order valence-electron chi connectivity index (χ4n) is 3.22. The Kier molecular flexibility index (Phi) is 5.43. The van der Waals surface area contributed by atoms with Gasteiger partial charge in [0, 0.05) is 11.1 Å². The van der Waals surface area contributed by atoms with E-state index in [9.17, 15) is 10.2 Å². The highest BCUT2D eigenvalue weighted by molar-refractivity contribution is 4.98. The Hall–Kier alpha value is -0.200. The lowest BCUT2D eigenvalue weighted by molar-refractivity contribution is -0.158. The lowest BCUT2D eigenvalue weighted by Crippen LogP contribution is -2.68. The lowest BCUT2D eigenvalue weighted by Gasteiger charge is -2.55. The van der Waals surface area contributed by atoms with Crippen molar-refractivity contribution in [3.05, 3.63) is 0 Å². The molecule has 0 saturated carbocycles. The average molecular weight is 316 g/mol. The van der Waals surface area contributed by atoms with Crippen molar-refractivity contribution in [1.82, 2.24) is 14.7 Å². The van der Waals surface area contributed by atoms with Crippen molar-refractivity contribution in [3.63, 3.8) is 0 Å². The van der Waals surface area contributed by atoms with Crippen LogP contribution >= 0.6 is 0 Å². The van der Waals surface area contributed by atoms with E-state index in [1.165, 1.54) is 0 Å². The number of aliphatic hydroxyl groups is 2. The fourth-order valence-corrected chi connectivity index (χ4v) is 3.22. The summed E-state index contributed by atoms with van der Waals surface area (Å²) < 4.78 is 0. The summed E-state index contributed by atoms with van der Waals surface area (Å²) in [6, 6.07) is 0. The van der Waals surface area contributed by atoms with Crippen LogP contribution in [0.2, 0.25) is 0 Å². The molecule has 0 amide bonds. The summed E-state index contributed by atoms with van der Waals surface area (Å²) in [6.07, 6.45) is 0.699. The van der Waals surface area contributed by atoms with E-state index in [1.807, 2.05) is 27.7 Å². The van der Waals surface area contributed by atoms with Crippen LogP contribution in [0.4, 0.5) is 0 Å². The summed E-state index contributed by atoms with van der Waals surface area (Å²) in [6.45, 7) is 18.5. The number of rotatable bonds is 5. The molecule has 132 valence electrons. The third kappa shape index (κ3) is 4.65. The summed E-state index contributed by atoms with van der Waals surface area (Å²) >= 11 is 0. The van der Waals surface area contributed by atoms with Crippen molar-refractivity contribution in [2.75, 3.05) is 27.1 Å². The molecule has 2 N–H and O–H groups in total. The minimum atomic E-state index is -0.794. The van der Waals surface area contributed by atoms with Gasteiger partial charge in [-0.05, 0) is 68.9 Å². The molecule has 0 aromatic heterocycles. The molecule has 0 spiro atoms. The fraction of sp³-hybridized carbons (Fsp3) is 1.00. The molecule has 1 fully saturated rings. The quantitative estimate of drug-likeness (QED) is 0.811. The molecule has 0 aromatic carbocycles. The molecule has 1 aliphatic rings. The second-order valence-corrected chi connectivity index (χ2v) is 9.28. The molecular weight excluding hydrogens is 278 g/mol. The molecule has 1 heterocycles. The molecule has 0 unspecified atom stereocenters. The normalized spacial score (nSPS) is 21.4. The van der Waals surface area contributed by atoms with Gasteiger partial charge in [-0.2, -0.15) is 0 Å². The van der Waals surface area contributed by atoms with Gasteiger partial charge in [0.15, 0.2) is 0 Å². The highest BCUT2D eigenvalue weighted by atomic mass is 16.3. The predicted molar refractivity (Wildman–Crippen MR) is 91.4 cm³/mol. The van der Waals surface area contributed by atoms with Crippen molar-refractivity contribution in [2.24, 2.45) is 0 Å². The van der Waals surface area contributed by atoms with E-state index in [0.717, 1.165) is 20.0 Å². The standard InChI is InChI=1S/C17H37N3O2/c1-14(2,10-15(3,4)21)19-11-18(9)12-20(13-19)16(5,6)17(7,8)22/h21-22H,10-13H2,1-9H3. The maximum Gasteiger partial charge on any atom is 0.0770 e. The van der Waals surface area contributed by atoms with Crippen LogP contribution in [0.25, 0.3) is 0 Å². The first-order chi connectivity index (χ1) is 9.56. The highest BCUT2D eigenvalue weighted by Gasteiger charge is 2.45. The van der Waals surface area contributed by atoms with Gasteiger partial charge < -0.3 is 10.2 Å². The van der Waals surface area contributed by atoms with Crippen LogP contribution in [0.15, 0.2) is 0 Å². The van der Waals surface area contributed by atoms with E-state index in [0.29, 0.717) is 6.42 Å². The van der Waals surface area contributed by atoms with E-state index in [-0.39, 0.29) is 11.1 Å². The topological polar surface area (TPSA) is 50.2 Å². The SMILES string of the molecule is CN1CN(C(C)(C)CC(C)(C)O)CN(C(C)(C)C(C)(C)O)C1. The van der Waals surface area contributed by atoms with E-state index in [1.54, 1.807) is 0 Å². The van der Waals surface area contributed by atoms with Crippen LogP contribution in [0.5, 0.6) is 0 Å². The van der Waals surface area contributed by atoms with Crippen molar-refractivity contribution in [2.45, 2.75) is 84.1 Å². The van der Waals surface area contributed by atoms with Crippen molar-refractivity contribution in [3.8, 4) is 0 Å². The van der Waals surface area contributed by atoms with Gasteiger partial charge in [-0.25, -0.2) is 0 Å². The summed E-state index contributed by atoms with van der Waals surface area (Å²) in [4.78, 5) is 6.94. The molecule has 5 heteroatoms. The van der Waals surface area contributed by atoms with Crippen LogP contribution in [-0.2, 0) is 0 Å². The first kappa shape index (κ1) is 19.8. The Morgan fingerprint density at radius 1 is 0.773 bits per heavy atom. The summed E-state index contributed by atoms with van der Waals surface area (Å²) in [5, 5.41) is 20.8. The second-order valence-electron chi connectivity index (χ2n) is 9.28. The molecule has 1 rings (SSSR count). The molecule has 5 nitrogen and oxygen atoms in total. The van der Waals surface area contributed by atoms with Crippen LogP contribution in [-0.4, -0.2) is 74.2 Å². The molecule has 0 radical (unpaired) electrons. The van der Waals surface area contributed by atoms with Gasteiger partial charge in [0.25, 0.3) is 0 Å². The molecule has 1 aliphatic heterocycles. The molecule has 0 atom stereocenters. The number of nitrogens with zero attached hydrogens (tertiary/aromatic N) is 3. The largest absolute Gasteiger partial charge is 0.390 e. The first-order valence-electron chi connectivity index (χ1n) is 8.20. The number of hydrogen-bond acceptors (Lipinski definition) is 5. The minimum absolute atomic E-state index is 0.124. The predicted octanol–water partition coefficient (Wildman–Crippen LogP) is 1.90. The van der Waals surface area contributed by atoms with Gasteiger partial charge in [0.05, 0.1) is 31.2 Å². The zero-order valence-corrected chi connectivity index (χ0v) is 16.1. The third-order valence-corrected chi connectivity index (χ3v) is 5.17. The molecule has 0 aliphatic carbocycles. The maximum atomic E-state index is 10.5. The summed E-state index contributed by atoms with van der Waals surface area (Å²) in [7, 11) is 2.10. The van der Waals surface area contributed by atoms with Crippen LogP contribution in [0.3, 0.4) is 0 Å². The van der Waals surface area contributed by atoms with Crippen LogP contribution in [0.1, 0.15) is 61.8 Å². The molecule has 0 bridgehead atoms. The zero-order chi connectivity index (χ0) is 17.6. The molecule has 0 aromatic rings. The molecule has 1 saturated heterocycles. The van der Waals surface area contributed by atoms with Gasteiger partial charge in [-0.1, -0.05) is 0 Å². The Morgan fingerprint density at radius 3 is 1.64 bits per heavy atom. The molecule has 22 heavy (non-hydrogen) atoms. The van der Waals surface area contributed by atoms with E-state index in [4.69, 9.17) is 0 Å². The van der Waals surface area contributed by atoms with Gasteiger partial charge >= 0.3 is 0 Å². The Bertz CT molecular complexity index is 380. The van der Waals surface area contributed by atoms with E-state index in [2.05, 4.69) is 49.4 Å². The zero-order valence-electron chi connectivity index (χ0n) is 16.1. The Labute approximate surface area is 136 Å². The Balaban J connectivity index is 2.97. The highest BCUT2D eigenvalue weighted by Crippen LogP contribution is 2.33. The van der Waals surface area contributed by atoms with E-state index < -0.39 is 11.2 Å². The van der Waals surface area contributed by atoms with Crippen LogP contribution < -0.4 is 0 Å². The van der Waals surface area contributed by atoms with Crippen molar-refractivity contribution < 1.29 is 10.2 Å². The van der Waals surface area contributed by atoms with E-state index >= 15 is 0 Å². The third-order valence-electron chi connectivity index (χ3n) is 5.17. The minimum Gasteiger partial charge on any atom is -0.390 e. The Morgan fingerprint density at radius 2 is 1.23 bits per heavy atom. The maximum absolute atomic E-state index is 10.5. The first-order valence-corrected chi connectivity index (χ1v) is 8.20. The monoisotopic (exact) mass is 315 g/mol. The van der Waals surface area contributed by atoms with Gasteiger partial charge in [0.1, 0.15) is 0 Å². The second kappa shape index (κ2) is 6.02.